The van der Waals surface area contributed by atoms with Crippen molar-refractivity contribution in [1.82, 2.24) is 4.90 Å². The molecule has 20 heavy (non-hydrogen) atoms. The van der Waals surface area contributed by atoms with E-state index in [9.17, 15) is 9.59 Å². The van der Waals surface area contributed by atoms with E-state index < -0.39 is 11.6 Å². The van der Waals surface area contributed by atoms with Crippen molar-refractivity contribution in [2.75, 3.05) is 7.11 Å². The smallest absolute Gasteiger partial charge is 0.255 e. The predicted octanol–water partition coefficient (Wildman–Crippen LogP) is 1.66. The average Bonchev–Trinajstić information content (AvgIpc) is 2.42. The number of Topliss-reactive ketones (excluding diaryl/α,β-unsaturated/α-hetero) is 1. The minimum Gasteiger partial charge on any atom is -0.369 e. The van der Waals surface area contributed by atoms with Crippen molar-refractivity contribution in [3.63, 3.8) is 0 Å². The zero-order valence-corrected chi connectivity index (χ0v) is 11.8. The Morgan fingerprint density at radius 2 is 1.80 bits per heavy atom. The van der Waals surface area contributed by atoms with Gasteiger partial charge in [-0.25, -0.2) is 0 Å². The van der Waals surface area contributed by atoms with Crippen LogP contribution in [0, 0.1) is 0 Å². The van der Waals surface area contributed by atoms with Crippen LogP contribution < -0.4 is 0 Å². The second-order valence-corrected chi connectivity index (χ2v) is 5.69. The van der Waals surface area contributed by atoms with Crippen molar-refractivity contribution < 1.29 is 14.3 Å². The Balaban J connectivity index is 2.08. The van der Waals surface area contributed by atoms with E-state index in [0.29, 0.717) is 5.57 Å². The lowest BCUT2D eigenvalue weighted by molar-refractivity contribution is -0.179. The van der Waals surface area contributed by atoms with E-state index in [4.69, 9.17) is 4.74 Å². The van der Waals surface area contributed by atoms with E-state index in [1.54, 1.807) is 18.7 Å². The summed E-state index contributed by atoms with van der Waals surface area (Å²) in [6, 6.07) is 9.40. The first-order valence-corrected chi connectivity index (χ1v) is 6.66. The van der Waals surface area contributed by atoms with Gasteiger partial charge in [-0.1, -0.05) is 30.3 Å². The molecule has 1 amide bonds. The summed E-state index contributed by atoms with van der Waals surface area (Å²) < 4.78 is 5.23. The number of β-lactam (4-membered cyclic amide) rings is 1. The lowest BCUT2D eigenvalue weighted by Gasteiger charge is -2.55. The van der Waals surface area contributed by atoms with E-state index >= 15 is 0 Å². The predicted molar refractivity (Wildman–Crippen MR) is 74.9 cm³/mol. The second-order valence-electron chi connectivity index (χ2n) is 5.69. The summed E-state index contributed by atoms with van der Waals surface area (Å²) in [6.45, 7) is 3.59. The first kappa shape index (κ1) is 13.1. The van der Waals surface area contributed by atoms with Crippen LogP contribution in [0.4, 0.5) is 0 Å². The van der Waals surface area contributed by atoms with Gasteiger partial charge in [0.1, 0.15) is 5.54 Å². The van der Waals surface area contributed by atoms with Crippen LogP contribution in [0.25, 0.3) is 5.57 Å². The number of ketones is 1. The minimum atomic E-state index is -0.823. The zero-order valence-electron chi connectivity index (χ0n) is 11.8. The molecule has 0 unspecified atom stereocenters. The number of carbonyl (C=O) groups is 2. The molecule has 2 aliphatic heterocycles. The van der Waals surface area contributed by atoms with Gasteiger partial charge in [0.2, 0.25) is 0 Å². The van der Waals surface area contributed by atoms with E-state index in [1.165, 1.54) is 7.11 Å². The number of rotatable bonds is 2. The largest absolute Gasteiger partial charge is 0.369 e. The van der Waals surface area contributed by atoms with Crippen molar-refractivity contribution in [3.05, 3.63) is 42.0 Å². The molecule has 1 fully saturated rings. The van der Waals surface area contributed by atoms with Gasteiger partial charge >= 0.3 is 0 Å². The molecule has 0 spiro atoms. The van der Waals surface area contributed by atoms with E-state index in [2.05, 4.69) is 0 Å². The van der Waals surface area contributed by atoms with Gasteiger partial charge in [-0.05, 0) is 25.5 Å². The number of nitrogens with zero attached hydrogens (tertiary/aromatic N) is 1. The maximum absolute atomic E-state index is 12.7. The maximum Gasteiger partial charge on any atom is 0.255 e. The molecule has 0 N–H and O–H groups in total. The van der Waals surface area contributed by atoms with Crippen LogP contribution >= 0.6 is 0 Å². The summed E-state index contributed by atoms with van der Waals surface area (Å²) in [5, 5.41) is 0. The Kier molecular flexibility index (Phi) is 2.80. The van der Waals surface area contributed by atoms with Crippen LogP contribution in [-0.2, 0) is 14.3 Å². The third kappa shape index (κ3) is 1.58. The Morgan fingerprint density at radius 3 is 2.40 bits per heavy atom. The van der Waals surface area contributed by atoms with Gasteiger partial charge < -0.3 is 9.64 Å². The molecule has 3 rings (SSSR count). The quantitative estimate of drug-likeness (QED) is 0.768. The molecular formula is C16H17NO3. The highest BCUT2D eigenvalue weighted by molar-refractivity contribution is 6.27. The molecule has 4 heteroatoms. The highest BCUT2D eigenvalue weighted by atomic mass is 16.5. The highest BCUT2D eigenvalue weighted by Gasteiger charge is 2.58. The number of hydrogen-bond acceptors (Lipinski definition) is 3. The van der Waals surface area contributed by atoms with Crippen molar-refractivity contribution in [2.45, 2.75) is 31.5 Å². The summed E-state index contributed by atoms with van der Waals surface area (Å²) in [7, 11) is 1.53. The van der Waals surface area contributed by atoms with Gasteiger partial charge in [0, 0.05) is 12.7 Å². The fourth-order valence-corrected chi connectivity index (χ4v) is 3.06. The van der Waals surface area contributed by atoms with Crippen LogP contribution in [0.15, 0.2) is 36.4 Å². The number of amides is 1. The molecule has 2 aliphatic rings. The molecule has 4 nitrogen and oxygen atoms in total. The molecule has 1 aromatic rings. The van der Waals surface area contributed by atoms with Crippen LogP contribution in [0.5, 0.6) is 0 Å². The average molecular weight is 271 g/mol. The maximum atomic E-state index is 12.7. The summed E-state index contributed by atoms with van der Waals surface area (Å²) in [5.74, 6) is -0.137. The topological polar surface area (TPSA) is 46.6 Å². The van der Waals surface area contributed by atoms with E-state index in [-0.39, 0.29) is 17.7 Å². The van der Waals surface area contributed by atoms with Crippen LogP contribution in [-0.4, -0.2) is 41.4 Å². The first-order valence-electron chi connectivity index (χ1n) is 6.66. The second kappa shape index (κ2) is 4.28. The molecule has 1 aromatic carbocycles. The third-order valence-corrected chi connectivity index (χ3v) is 4.17. The number of methoxy groups -OCH3 is 1. The number of carbonyl (C=O) groups excluding carboxylic acids is 2. The summed E-state index contributed by atoms with van der Waals surface area (Å²) in [6.07, 6.45) is 1.39. The molecule has 0 aromatic heterocycles. The standard InChI is InChI=1S/C16H17NO3/c1-16(2)14(18)11(10-7-5-4-6-8-10)9-12-13(20-3)15(19)17(12)16/h4-9,12-13H,1-3H3/t12-,13+/m1/s1. The molecule has 104 valence electrons. The molecule has 1 saturated heterocycles. The summed E-state index contributed by atoms with van der Waals surface area (Å²) in [5.41, 5.74) is 0.738. The van der Waals surface area contributed by atoms with Gasteiger partial charge in [0.15, 0.2) is 11.9 Å². The Bertz CT molecular complexity index is 603. The van der Waals surface area contributed by atoms with Gasteiger partial charge in [-0.15, -0.1) is 0 Å². The highest BCUT2D eigenvalue weighted by Crippen LogP contribution is 2.40. The molecule has 0 aliphatic carbocycles. The normalized spacial score (nSPS) is 27.8. The van der Waals surface area contributed by atoms with Crippen molar-refractivity contribution >= 4 is 17.3 Å². The van der Waals surface area contributed by atoms with Gasteiger partial charge in [0.25, 0.3) is 5.91 Å². The summed E-state index contributed by atoms with van der Waals surface area (Å²) >= 11 is 0. The molecule has 2 atom stereocenters. The molecule has 0 saturated carbocycles. The third-order valence-electron chi connectivity index (χ3n) is 4.17. The Labute approximate surface area is 118 Å². The number of fused-ring (bicyclic) bond motifs is 1. The van der Waals surface area contributed by atoms with Crippen molar-refractivity contribution in [2.24, 2.45) is 0 Å². The van der Waals surface area contributed by atoms with E-state index in [0.717, 1.165) is 5.56 Å². The summed E-state index contributed by atoms with van der Waals surface area (Å²) in [4.78, 5) is 26.3. The number of benzene rings is 1. The van der Waals surface area contributed by atoms with Crippen molar-refractivity contribution in [3.8, 4) is 0 Å². The molecule has 0 bridgehead atoms. The zero-order chi connectivity index (χ0) is 14.5. The Morgan fingerprint density at radius 1 is 1.15 bits per heavy atom. The van der Waals surface area contributed by atoms with E-state index in [1.807, 2.05) is 36.4 Å². The first-order chi connectivity index (χ1) is 9.48. The molecule has 0 radical (unpaired) electrons. The van der Waals surface area contributed by atoms with Crippen molar-refractivity contribution in [1.29, 1.82) is 0 Å². The Hall–Kier alpha value is -1.94. The monoisotopic (exact) mass is 271 g/mol. The fraction of sp³-hybridized carbons (Fsp3) is 0.375. The lowest BCUT2D eigenvalue weighted by Crippen LogP contribution is -2.74. The SMILES string of the molecule is CO[C@@H]1C(=O)N2[C@@H]1C=C(c1ccccc1)C(=O)C2(C)C. The van der Waals surface area contributed by atoms with Crippen LogP contribution in [0.2, 0.25) is 0 Å². The lowest BCUT2D eigenvalue weighted by atomic mass is 9.76. The fourth-order valence-electron chi connectivity index (χ4n) is 3.06. The van der Waals surface area contributed by atoms with Gasteiger partial charge in [0.05, 0.1) is 6.04 Å². The molecular weight excluding hydrogens is 254 g/mol. The van der Waals surface area contributed by atoms with Crippen LogP contribution in [0.3, 0.4) is 0 Å². The van der Waals surface area contributed by atoms with Crippen LogP contribution in [0.1, 0.15) is 19.4 Å². The van der Waals surface area contributed by atoms with Gasteiger partial charge in [-0.3, -0.25) is 9.59 Å². The minimum absolute atomic E-state index is 0.0251. The number of hydrogen-bond donors (Lipinski definition) is 0. The molecule has 2 heterocycles. The number of ether oxygens (including phenoxy) is 1. The van der Waals surface area contributed by atoms with Gasteiger partial charge in [-0.2, -0.15) is 0 Å².